The predicted octanol–water partition coefficient (Wildman–Crippen LogP) is 0.997. The fourth-order valence-corrected chi connectivity index (χ4v) is 1.83. The van der Waals surface area contributed by atoms with Crippen LogP contribution >= 0.6 is 0 Å². The quantitative estimate of drug-likeness (QED) is 0.709. The second kappa shape index (κ2) is 5.22. The molecule has 0 saturated carbocycles. The van der Waals surface area contributed by atoms with Crippen molar-refractivity contribution >= 4 is 5.91 Å². The average Bonchev–Trinajstić information content (AvgIpc) is 2.31. The smallest absolute Gasteiger partial charge is 0.222 e. The monoisotopic (exact) mass is 184 g/mol. The number of likely N-dealkylation sites (tertiary alicyclic amines) is 1. The number of hydrogen-bond acceptors (Lipinski definition) is 2. The van der Waals surface area contributed by atoms with Crippen LogP contribution in [0.15, 0.2) is 0 Å². The first-order valence-electron chi connectivity index (χ1n) is 5.23. The van der Waals surface area contributed by atoms with Crippen LogP contribution in [0.3, 0.4) is 0 Å². The van der Waals surface area contributed by atoms with Crippen molar-refractivity contribution in [2.24, 2.45) is 0 Å². The zero-order valence-electron chi connectivity index (χ0n) is 8.68. The van der Waals surface area contributed by atoms with Crippen LogP contribution in [0.4, 0.5) is 0 Å². The Kier molecular flexibility index (Phi) is 4.22. The van der Waals surface area contributed by atoms with E-state index in [1.165, 1.54) is 0 Å². The molecule has 1 rings (SSSR count). The van der Waals surface area contributed by atoms with Crippen molar-refractivity contribution in [3.8, 4) is 0 Å². The van der Waals surface area contributed by atoms with E-state index >= 15 is 0 Å². The summed E-state index contributed by atoms with van der Waals surface area (Å²) in [6.45, 7) is 3.97. The third kappa shape index (κ3) is 2.99. The fourth-order valence-electron chi connectivity index (χ4n) is 1.83. The summed E-state index contributed by atoms with van der Waals surface area (Å²) in [5, 5.41) is 3.25. The van der Waals surface area contributed by atoms with E-state index in [-0.39, 0.29) is 0 Å². The third-order valence-corrected chi connectivity index (χ3v) is 2.71. The normalized spacial score (nSPS) is 24.6. The van der Waals surface area contributed by atoms with Crippen molar-refractivity contribution in [3.63, 3.8) is 0 Å². The highest BCUT2D eigenvalue weighted by Gasteiger charge is 2.20. The molecule has 1 heterocycles. The zero-order chi connectivity index (χ0) is 9.68. The summed E-state index contributed by atoms with van der Waals surface area (Å²) in [6.07, 6.45) is 3.87. The van der Waals surface area contributed by atoms with Crippen molar-refractivity contribution < 1.29 is 4.79 Å². The first kappa shape index (κ1) is 10.5. The number of carbonyl (C=O) groups excluding carboxylic acids is 1. The minimum Gasteiger partial charge on any atom is -0.343 e. The van der Waals surface area contributed by atoms with Crippen LogP contribution in [0.2, 0.25) is 0 Å². The van der Waals surface area contributed by atoms with Gasteiger partial charge in [0.1, 0.15) is 0 Å². The lowest BCUT2D eigenvalue weighted by atomic mass is 10.1. The first-order valence-corrected chi connectivity index (χ1v) is 5.23. The van der Waals surface area contributed by atoms with Gasteiger partial charge in [-0.2, -0.15) is 0 Å². The van der Waals surface area contributed by atoms with E-state index in [9.17, 15) is 4.79 Å². The number of amides is 1. The van der Waals surface area contributed by atoms with E-state index in [0.29, 0.717) is 18.4 Å². The van der Waals surface area contributed by atoms with E-state index in [0.717, 1.165) is 32.4 Å². The molecule has 1 N–H and O–H groups in total. The number of carbonyl (C=O) groups is 1. The lowest BCUT2D eigenvalue weighted by molar-refractivity contribution is -0.130. The molecule has 0 aliphatic carbocycles. The molecule has 0 bridgehead atoms. The van der Waals surface area contributed by atoms with Crippen molar-refractivity contribution in [2.45, 2.75) is 38.6 Å². The van der Waals surface area contributed by atoms with E-state index in [1.54, 1.807) is 0 Å². The lowest BCUT2D eigenvalue weighted by Gasteiger charge is -2.19. The summed E-state index contributed by atoms with van der Waals surface area (Å²) in [5.41, 5.74) is 0. The number of rotatable bonds is 3. The molecule has 3 nitrogen and oxygen atoms in total. The van der Waals surface area contributed by atoms with Gasteiger partial charge < -0.3 is 10.2 Å². The Morgan fingerprint density at radius 1 is 1.54 bits per heavy atom. The number of nitrogens with one attached hydrogen (secondary N) is 1. The second-order valence-corrected chi connectivity index (χ2v) is 3.69. The lowest BCUT2D eigenvalue weighted by Crippen LogP contribution is -2.31. The molecule has 0 spiro atoms. The fraction of sp³-hybridized carbons (Fsp3) is 0.900. The molecule has 0 aromatic carbocycles. The highest BCUT2D eigenvalue weighted by atomic mass is 16.2. The molecular weight excluding hydrogens is 164 g/mol. The van der Waals surface area contributed by atoms with Crippen molar-refractivity contribution in [1.82, 2.24) is 10.2 Å². The van der Waals surface area contributed by atoms with Gasteiger partial charge in [-0.15, -0.1) is 0 Å². The Labute approximate surface area is 80.5 Å². The van der Waals surface area contributed by atoms with Gasteiger partial charge >= 0.3 is 0 Å². The van der Waals surface area contributed by atoms with Gasteiger partial charge in [0.25, 0.3) is 0 Å². The Morgan fingerprint density at radius 2 is 2.31 bits per heavy atom. The number of hydrogen-bond donors (Lipinski definition) is 1. The van der Waals surface area contributed by atoms with Gasteiger partial charge in [-0.1, -0.05) is 6.92 Å². The molecule has 1 unspecified atom stereocenters. The maximum atomic E-state index is 11.6. The summed E-state index contributed by atoms with van der Waals surface area (Å²) in [7, 11) is 1.98. The summed E-state index contributed by atoms with van der Waals surface area (Å²) < 4.78 is 0. The van der Waals surface area contributed by atoms with Crippen LogP contribution in [0.25, 0.3) is 0 Å². The first-order chi connectivity index (χ1) is 6.27. The molecule has 3 heteroatoms. The topological polar surface area (TPSA) is 32.3 Å². The molecule has 1 atom stereocenters. The van der Waals surface area contributed by atoms with Crippen LogP contribution in [0.5, 0.6) is 0 Å². The predicted molar refractivity (Wildman–Crippen MR) is 53.6 cm³/mol. The molecule has 0 radical (unpaired) electrons. The number of nitrogens with zero attached hydrogens (tertiary/aromatic N) is 1. The van der Waals surface area contributed by atoms with Crippen molar-refractivity contribution in [1.29, 1.82) is 0 Å². The van der Waals surface area contributed by atoms with Gasteiger partial charge in [0.15, 0.2) is 0 Å². The van der Waals surface area contributed by atoms with Crippen LogP contribution < -0.4 is 5.32 Å². The van der Waals surface area contributed by atoms with Gasteiger partial charge in [0.05, 0.1) is 0 Å². The van der Waals surface area contributed by atoms with Crippen LogP contribution in [-0.4, -0.2) is 37.0 Å². The summed E-state index contributed by atoms with van der Waals surface area (Å²) in [6, 6.07) is 0.533. The van der Waals surface area contributed by atoms with Crippen molar-refractivity contribution in [2.75, 3.05) is 20.1 Å². The Bertz CT molecular complexity index is 170. The van der Waals surface area contributed by atoms with Crippen molar-refractivity contribution in [3.05, 3.63) is 0 Å². The molecule has 1 saturated heterocycles. The van der Waals surface area contributed by atoms with E-state index in [1.807, 2.05) is 11.9 Å². The van der Waals surface area contributed by atoms with Crippen LogP contribution in [-0.2, 0) is 4.79 Å². The molecular formula is C10H20N2O. The summed E-state index contributed by atoms with van der Waals surface area (Å²) >= 11 is 0. The molecule has 76 valence electrons. The summed E-state index contributed by atoms with van der Waals surface area (Å²) in [5.74, 6) is 0.333. The molecule has 1 aliphatic rings. The highest BCUT2D eigenvalue weighted by Crippen LogP contribution is 2.11. The largest absolute Gasteiger partial charge is 0.343 e. The Balaban J connectivity index is 2.44. The average molecular weight is 184 g/mol. The third-order valence-electron chi connectivity index (χ3n) is 2.71. The Morgan fingerprint density at radius 3 is 2.92 bits per heavy atom. The molecule has 1 fully saturated rings. The highest BCUT2D eigenvalue weighted by molar-refractivity contribution is 5.76. The van der Waals surface area contributed by atoms with Gasteiger partial charge in [-0.25, -0.2) is 0 Å². The molecule has 0 aromatic rings. The summed E-state index contributed by atoms with van der Waals surface area (Å²) in [4.78, 5) is 13.6. The SMILES string of the molecule is CCCN1CCC(NC)CCC1=O. The maximum absolute atomic E-state index is 11.6. The molecule has 0 aromatic heterocycles. The van der Waals surface area contributed by atoms with Gasteiger partial charge in [-0.3, -0.25) is 4.79 Å². The van der Waals surface area contributed by atoms with Gasteiger partial charge in [-0.05, 0) is 26.3 Å². The van der Waals surface area contributed by atoms with Gasteiger partial charge in [0, 0.05) is 25.6 Å². The van der Waals surface area contributed by atoms with Gasteiger partial charge in [0.2, 0.25) is 5.91 Å². The molecule has 13 heavy (non-hydrogen) atoms. The molecule has 1 amide bonds. The van der Waals surface area contributed by atoms with E-state index < -0.39 is 0 Å². The molecule has 1 aliphatic heterocycles. The van der Waals surface area contributed by atoms with E-state index in [4.69, 9.17) is 0 Å². The van der Waals surface area contributed by atoms with Crippen LogP contribution in [0.1, 0.15) is 32.6 Å². The second-order valence-electron chi connectivity index (χ2n) is 3.69. The standard InChI is InChI=1S/C10H20N2O/c1-3-7-12-8-6-9(11-2)4-5-10(12)13/h9,11H,3-8H2,1-2H3. The minimum atomic E-state index is 0.333. The Hall–Kier alpha value is -0.570. The maximum Gasteiger partial charge on any atom is 0.222 e. The zero-order valence-corrected chi connectivity index (χ0v) is 8.68. The minimum absolute atomic E-state index is 0.333. The van der Waals surface area contributed by atoms with Crippen LogP contribution in [0, 0.1) is 0 Å². The van der Waals surface area contributed by atoms with E-state index in [2.05, 4.69) is 12.2 Å².